The zero-order valence-electron chi connectivity index (χ0n) is 17.6. The lowest BCUT2D eigenvalue weighted by atomic mass is 10.0. The van der Waals surface area contributed by atoms with Crippen molar-refractivity contribution in [2.24, 2.45) is 0 Å². The van der Waals surface area contributed by atoms with Gasteiger partial charge in [0.2, 0.25) is 0 Å². The van der Waals surface area contributed by atoms with E-state index in [0.29, 0.717) is 5.58 Å². The maximum Gasteiger partial charge on any atom is 0.336 e. The van der Waals surface area contributed by atoms with Crippen LogP contribution in [0.2, 0.25) is 0 Å². The second kappa shape index (κ2) is 8.92. The Morgan fingerprint density at radius 2 is 1.58 bits per heavy atom. The molecule has 0 aliphatic carbocycles. The number of fused-ring (bicyclic) bond motifs is 3. The Hall–Kier alpha value is -3.15. The number of ether oxygens (including phenoxy) is 1. The molecule has 2 N–H and O–H groups in total. The van der Waals surface area contributed by atoms with Gasteiger partial charge in [-0.3, -0.25) is 0 Å². The molecule has 2 heterocycles. The van der Waals surface area contributed by atoms with E-state index in [1.807, 2.05) is 54.6 Å². The Labute approximate surface area is 181 Å². The third-order valence-electron chi connectivity index (χ3n) is 6.29. The first-order valence-corrected chi connectivity index (χ1v) is 11.1. The molecule has 0 unspecified atom stereocenters. The summed E-state index contributed by atoms with van der Waals surface area (Å²) in [6.45, 7) is 7.03. The van der Waals surface area contributed by atoms with Crippen LogP contribution in [-0.2, 0) is 6.54 Å². The number of hydrogen-bond acceptors (Lipinski definition) is 3. The zero-order valence-corrected chi connectivity index (χ0v) is 17.6. The fourth-order valence-corrected chi connectivity index (χ4v) is 4.64. The summed E-state index contributed by atoms with van der Waals surface area (Å²) in [5.41, 5.74) is 1.51. The predicted octanol–water partition coefficient (Wildman–Crippen LogP) is 1.31. The van der Waals surface area contributed by atoms with E-state index in [9.17, 15) is 4.79 Å². The van der Waals surface area contributed by atoms with Crippen LogP contribution >= 0.6 is 0 Å². The maximum absolute atomic E-state index is 12.2. The number of rotatable bonds is 6. The fourth-order valence-electron chi connectivity index (χ4n) is 4.64. The van der Waals surface area contributed by atoms with Crippen LogP contribution in [0.3, 0.4) is 0 Å². The number of hydrogen-bond donors (Lipinski definition) is 2. The van der Waals surface area contributed by atoms with Crippen molar-refractivity contribution < 1.29 is 19.0 Å². The van der Waals surface area contributed by atoms with Crippen LogP contribution in [0.4, 0.5) is 0 Å². The van der Waals surface area contributed by atoms with Crippen molar-refractivity contribution in [2.45, 2.75) is 6.54 Å². The van der Waals surface area contributed by atoms with Crippen LogP contribution in [0.1, 0.15) is 5.56 Å². The summed E-state index contributed by atoms with van der Waals surface area (Å²) >= 11 is 0. The maximum atomic E-state index is 12.2. The van der Waals surface area contributed by atoms with Gasteiger partial charge in [0.1, 0.15) is 57.2 Å². The van der Waals surface area contributed by atoms with Crippen molar-refractivity contribution >= 4 is 21.7 Å². The topological polar surface area (TPSA) is 48.3 Å². The number of piperazine rings is 1. The average Bonchev–Trinajstić information content (AvgIpc) is 2.80. The third kappa shape index (κ3) is 4.48. The lowest BCUT2D eigenvalue weighted by Crippen LogP contribution is -3.27. The molecular formula is C26H28N2O3+2. The average molecular weight is 417 g/mol. The van der Waals surface area contributed by atoms with Crippen molar-refractivity contribution in [3.05, 3.63) is 88.8 Å². The van der Waals surface area contributed by atoms with E-state index in [0.717, 1.165) is 68.0 Å². The lowest BCUT2D eigenvalue weighted by molar-refractivity contribution is -1.02. The smallest absolute Gasteiger partial charge is 0.336 e. The molecule has 0 spiro atoms. The second-order valence-corrected chi connectivity index (χ2v) is 8.34. The minimum Gasteiger partial charge on any atom is -0.488 e. The molecule has 1 aliphatic heterocycles. The van der Waals surface area contributed by atoms with Gasteiger partial charge in [0, 0.05) is 17.0 Å². The van der Waals surface area contributed by atoms with E-state index < -0.39 is 0 Å². The molecule has 31 heavy (non-hydrogen) atoms. The van der Waals surface area contributed by atoms with Crippen molar-refractivity contribution in [1.82, 2.24) is 0 Å². The molecule has 1 aromatic heterocycles. The molecule has 0 radical (unpaired) electrons. The normalized spacial score (nSPS) is 19.0. The molecule has 158 valence electrons. The number of benzene rings is 3. The van der Waals surface area contributed by atoms with Crippen LogP contribution in [0.25, 0.3) is 21.7 Å². The van der Waals surface area contributed by atoms with Crippen molar-refractivity contribution in [3.63, 3.8) is 0 Å². The van der Waals surface area contributed by atoms with Gasteiger partial charge in [0.15, 0.2) is 0 Å². The summed E-state index contributed by atoms with van der Waals surface area (Å²) in [5, 5.41) is 3.41. The Balaban J connectivity index is 1.25. The molecule has 0 saturated carbocycles. The Morgan fingerprint density at radius 1 is 0.839 bits per heavy atom. The standard InChI is InChI=1S/C26H26N2O3/c29-25-18-21(26-23-9-5-4-6-20(23)10-11-24(26)31-25)19-28-14-12-27(13-15-28)16-17-30-22-7-2-1-3-8-22/h1-11,18H,12-17,19H2/p+2. The van der Waals surface area contributed by atoms with Crippen LogP contribution in [0.15, 0.2) is 82.0 Å². The molecule has 3 aromatic carbocycles. The minimum absolute atomic E-state index is 0.264. The fraction of sp³-hybridized carbons (Fsp3) is 0.269. The molecule has 0 bridgehead atoms. The summed E-state index contributed by atoms with van der Waals surface area (Å²) in [7, 11) is 0. The molecule has 1 aliphatic rings. The largest absolute Gasteiger partial charge is 0.488 e. The highest BCUT2D eigenvalue weighted by molar-refractivity contribution is 6.06. The van der Waals surface area contributed by atoms with E-state index in [2.05, 4.69) is 12.1 Å². The molecule has 1 saturated heterocycles. The predicted molar refractivity (Wildman–Crippen MR) is 122 cm³/mol. The first kappa shape index (κ1) is 19.8. The van der Waals surface area contributed by atoms with Crippen LogP contribution in [-0.4, -0.2) is 39.3 Å². The molecule has 5 nitrogen and oxygen atoms in total. The molecule has 1 fully saturated rings. The molecule has 0 amide bonds. The van der Waals surface area contributed by atoms with Gasteiger partial charge in [-0.1, -0.05) is 48.5 Å². The lowest BCUT2D eigenvalue weighted by Gasteiger charge is -2.29. The van der Waals surface area contributed by atoms with E-state index in [4.69, 9.17) is 9.15 Å². The summed E-state index contributed by atoms with van der Waals surface area (Å²) in [6.07, 6.45) is 0. The number of para-hydroxylation sites is 1. The first-order valence-electron chi connectivity index (χ1n) is 11.1. The van der Waals surface area contributed by atoms with Crippen molar-refractivity contribution in [2.75, 3.05) is 39.3 Å². The monoisotopic (exact) mass is 416 g/mol. The van der Waals surface area contributed by atoms with Gasteiger partial charge in [-0.25, -0.2) is 4.79 Å². The Bertz CT molecular complexity index is 1230. The molecule has 0 atom stereocenters. The van der Waals surface area contributed by atoms with Gasteiger partial charge in [0.05, 0.1) is 0 Å². The summed E-state index contributed by atoms with van der Waals surface area (Å²) in [5.74, 6) is 0.938. The van der Waals surface area contributed by atoms with Gasteiger partial charge in [0.25, 0.3) is 0 Å². The summed E-state index contributed by atoms with van der Waals surface area (Å²) in [6, 6.07) is 24.0. The van der Waals surface area contributed by atoms with Gasteiger partial charge in [-0.15, -0.1) is 0 Å². The Morgan fingerprint density at radius 3 is 2.42 bits per heavy atom. The SMILES string of the molecule is O=c1cc(C[NH+]2CC[NH+](CCOc3ccccc3)CC2)c2c(ccc3ccccc32)o1. The van der Waals surface area contributed by atoms with Crippen LogP contribution in [0.5, 0.6) is 5.75 Å². The molecule has 5 rings (SSSR count). The van der Waals surface area contributed by atoms with Gasteiger partial charge in [-0.05, 0) is 29.0 Å². The van der Waals surface area contributed by atoms with Crippen molar-refractivity contribution in [1.29, 1.82) is 0 Å². The summed E-state index contributed by atoms with van der Waals surface area (Å²) < 4.78 is 11.4. The van der Waals surface area contributed by atoms with Crippen molar-refractivity contribution in [3.8, 4) is 5.75 Å². The number of quaternary nitrogens is 2. The third-order valence-corrected chi connectivity index (χ3v) is 6.29. The van der Waals surface area contributed by atoms with Crippen LogP contribution in [0, 0.1) is 0 Å². The van der Waals surface area contributed by atoms with Gasteiger partial charge >= 0.3 is 5.63 Å². The molecule has 5 heteroatoms. The van der Waals surface area contributed by atoms with E-state index >= 15 is 0 Å². The molecular weight excluding hydrogens is 388 g/mol. The number of nitrogens with one attached hydrogen (secondary N) is 2. The highest BCUT2D eigenvalue weighted by Crippen LogP contribution is 2.27. The highest BCUT2D eigenvalue weighted by atomic mass is 16.5. The van der Waals surface area contributed by atoms with Gasteiger partial charge < -0.3 is 19.0 Å². The van der Waals surface area contributed by atoms with E-state index in [-0.39, 0.29) is 5.63 Å². The van der Waals surface area contributed by atoms with E-state index in [1.54, 1.807) is 11.0 Å². The van der Waals surface area contributed by atoms with Crippen LogP contribution < -0.4 is 20.2 Å². The minimum atomic E-state index is -0.264. The highest BCUT2D eigenvalue weighted by Gasteiger charge is 2.24. The molecule has 4 aromatic rings. The zero-order chi connectivity index (χ0) is 21.0. The second-order valence-electron chi connectivity index (χ2n) is 8.34. The Kier molecular flexibility index (Phi) is 5.69. The van der Waals surface area contributed by atoms with E-state index in [1.165, 1.54) is 10.3 Å². The summed E-state index contributed by atoms with van der Waals surface area (Å²) in [4.78, 5) is 15.3. The van der Waals surface area contributed by atoms with Gasteiger partial charge in [-0.2, -0.15) is 0 Å². The first-order chi connectivity index (χ1) is 15.3. The quantitative estimate of drug-likeness (QED) is 0.368.